The number of nitrogens with one attached hydrogen (secondary N) is 1. The van der Waals surface area contributed by atoms with Crippen molar-refractivity contribution in [2.45, 2.75) is 51.5 Å². The van der Waals surface area contributed by atoms with Crippen molar-refractivity contribution < 1.29 is 4.79 Å². The number of hydrogen-bond acceptors (Lipinski definition) is 1. The molecule has 3 aromatic carbocycles. The summed E-state index contributed by atoms with van der Waals surface area (Å²) in [4.78, 5) is 13.0. The fourth-order valence-electron chi connectivity index (χ4n) is 4.26. The normalized spacial score (nSPS) is 14.1. The van der Waals surface area contributed by atoms with Crippen LogP contribution in [0.1, 0.15) is 64.0 Å². The van der Waals surface area contributed by atoms with Gasteiger partial charge in [0.2, 0.25) is 0 Å². The zero-order chi connectivity index (χ0) is 20.1. The molecule has 0 radical (unpaired) electrons. The van der Waals surface area contributed by atoms with Crippen LogP contribution in [0.4, 0.5) is 0 Å². The molecule has 0 fully saturated rings. The molecule has 0 bridgehead atoms. The summed E-state index contributed by atoms with van der Waals surface area (Å²) in [5, 5.41) is 3.22. The van der Waals surface area contributed by atoms with Crippen molar-refractivity contribution in [3.05, 3.63) is 106 Å². The molecule has 1 aliphatic carbocycles. The van der Waals surface area contributed by atoms with Gasteiger partial charge in [0.05, 0.1) is 6.04 Å². The Morgan fingerprint density at radius 2 is 1.59 bits per heavy atom. The van der Waals surface area contributed by atoms with Crippen LogP contribution in [0.5, 0.6) is 0 Å². The van der Waals surface area contributed by atoms with E-state index in [2.05, 4.69) is 60.8 Å². The number of rotatable bonds is 6. The Kier molecular flexibility index (Phi) is 6.09. The standard InChI is InChI=1S/C27H29NO/c1-20(24-18-17-22-11-5-6-13-25(22)19-24)28-27(29)26-14-8-7-12-23(26)16-15-21-9-3-2-4-10-21/h2-4,7-10,12,14,17-20H,5-6,11,13,15-16H2,1H3,(H,28,29)/t20-/m0/s1. The Balaban J connectivity index is 1.45. The summed E-state index contributed by atoms with van der Waals surface area (Å²) in [6.45, 7) is 2.08. The quantitative estimate of drug-likeness (QED) is 0.569. The van der Waals surface area contributed by atoms with Crippen LogP contribution in [0.25, 0.3) is 0 Å². The van der Waals surface area contributed by atoms with E-state index < -0.39 is 0 Å². The molecule has 29 heavy (non-hydrogen) atoms. The maximum Gasteiger partial charge on any atom is 0.252 e. The van der Waals surface area contributed by atoms with Gasteiger partial charge in [-0.15, -0.1) is 0 Å². The van der Waals surface area contributed by atoms with Crippen LogP contribution >= 0.6 is 0 Å². The summed E-state index contributed by atoms with van der Waals surface area (Å²) in [7, 11) is 0. The Bertz CT molecular complexity index is 977. The molecule has 3 aromatic rings. The lowest BCUT2D eigenvalue weighted by Gasteiger charge is -2.20. The zero-order valence-corrected chi connectivity index (χ0v) is 17.2. The van der Waals surface area contributed by atoms with Gasteiger partial charge in [-0.05, 0) is 79.3 Å². The molecule has 0 saturated carbocycles. The maximum atomic E-state index is 13.0. The first-order valence-corrected chi connectivity index (χ1v) is 10.7. The molecule has 4 rings (SSSR count). The summed E-state index contributed by atoms with van der Waals surface area (Å²) in [6, 6.07) is 25.1. The van der Waals surface area contributed by atoms with Crippen molar-refractivity contribution in [3.63, 3.8) is 0 Å². The van der Waals surface area contributed by atoms with E-state index >= 15 is 0 Å². The smallest absolute Gasteiger partial charge is 0.252 e. The second-order valence-electron chi connectivity index (χ2n) is 8.07. The van der Waals surface area contributed by atoms with E-state index in [1.165, 1.54) is 41.5 Å². The minimum atomic E-state index is -0.00286. The van der Waals surface area contributed by atoms with Gasteiger partial charge in [0.1, 0.15) is 0 Å². The lowest BCUT2D eigenvalue weighted by Crippen LogP contribution is -2.27. The van der Waals surface area contributed by atoms with Gasteiger partial charge in [0.15, 0.2) is 0 Å². The van der Waals surface area contributed by atoms with Crippen LogP contribution in [0.15, 0.2) is 72.8 Å². The molecule has 0 spiro atoms. The van der Waals surface area contributed by atoms with Gasteiger partial charge in [-0.25, -0.2) is 0 Å². The second kappa shape index (κ2) is 9.09. The molecule has 0 heterocycles. The first-order chi connectivity index (χ1) is 14.2. The van der Waals surface area contributed by atoms with Crippen LogP contribution < -0.4 is 5.32 Å². The van der Waals surface area contributed by atoms with Gasteiger partial charge in [0, 0.05) is 5.56 Å². The largest absolute Gasteiger partial charge is 0.346 e. The summed E-state index contributed by atoms with van der Waals surface area (Å²) in [5.41, 5.74) is 7.31. The first-order valence-electron chi connectivity index (χ1n) is 10.7. The monoisotopic (exact) mass is 383 g/mol. The second-order valence-corrected chi connectivity index (χ2v) is 8.07. The fraction of sp³-hybridized carbons (Fsp3) is 0.296. The molecule has 0 aliphatic heterocycles. The van der Waals surface area contributed by atoms with Gasteiger partial charge in [0.25, 0.3) is 5.91 Å². The Morgan fingerprint density at radius 3 is 2.41 bits per heavy atom. The molecule has 1 amide bonds. The van der Waals surface area contributed by atoms with E-state index in [4.69, 9.17) is 0 Å². The molecular weight excluding hydrogens is 354 g/mol. The predicted molar refractivity (Wildman–Crippen MR) is 119 cm³/mol. The third kappa shape index (κ3) is 4.76. The highest BCUT2D eigenvalue weighted by Crippen LogP contribution is 2.25. The number of carbonyl (C=O) groups is 1. The molecule has 2 nitrogen and oxygen atoms in total. The molecular formula is C27H29NO. The van der Waals surface area contributed by atoms with E-state index in [9.17, 15) is 4.79 Å². The highest BCUT2D eigenvalue weighted by atomic mass is 16.1. The minimum absolute atomic E-state index is 0.00286. The van der Waals surface area contributed by atoms with Crippen LogP contribution in [0.2, 0.25) is 0 Å². The van der Waals surface area contributed by atoms with Crippen molar-refractivity contribution >= 4 is 5.91 Å². The van der Waals surface area contributed by atoms with E-state index in [1.54, 1.807) is 0 Å². The van der Waals surface area contributed by atoms with Crippen LogP contribution in [0, 0.1) is 0 Å². The Hall–Kier alpha value is -2.87. The molecule has 0 saturated heterocycles. The molecule has 0 unspecified atom stereocenters. The topological polar surface area (TPSA) is 29.1 Å². The van der Waals surface area contributed by atoms with Crippen LogP contribution in [0.3, 0.4) is 0 Å². The van der Waals surface area contributed by atoms with Crippen LogP contribution in [-0.4, -0.2) is 5.91 Å². The number of benzene rings is 3. The SMILES string of the molecule is C[C@H](NC(=O)c1ccccc1CCc1ccccc1)c1ccc2c(c1)CCCC2. The van der Waals surface area contributed by atoms with Gasteiger partial charge in [-0.2, -0.15) is 0 Å². The third-order valence-corrected chi connectivity index (χ3v) is 6.01. The van der Waals surface area contributed by atoms with Gasteiger partial charge < -0.3 is 5.32 Å². The van der Waals surface area contributed by atoms with Crippen molar-refractivity contribution in [2.24, 2.45) is 0 Å². The third-order valence-electron chi connectivity index (χ3n) is 6.01. The zero-order valence-electron chi connectivity index (χ0n) is 17.2. The first kappa shape index (κ1) is 19.4. The van der Waals surface area contributed by atoms with E-state index in [0.717, 1.165) is 30.4 Å². The predicted octanol–water partition coefficient (Wildman–Crippen LogP) is 5.84. The molecule has 1 N–H and O–H groups in total. The van der Waals surface area contributed by atoms with E-state index in [-0.39, 0.29) is 11.9 Å². The van der Waals surface area contributed by atoms with Gasteiger partial charge >= 0.3 is 0 Å². The van der Waals surface area contributed by atoms with Crippen molar-refractivity contribution in [1.82, 2.24) is 5.32 Å². The number of aryl methyl sites for hydroxylation is 4. The lowest BCUT2D eigenvalue weighted by molar-refractivity contribution is 0.0939. The molecule has 0 aromatic heterocycles. The fourth-order valence-corrected chi connectivity index (χ4v) is 4.26. The van der Waals surface area contributed by atoms with E-state index in [1.807, 2.05) is 24.3 Å². The summed E-state index contributed by atoms with van der Waals surface area (Å²) < 4.78 is 0. The van der Waals surface area contributed by atoms with Gasteiger partial charge in [-0.3, -0.25) is 4.79 Å². The average Bonchev–Trinajstić information content (AvgIpc) is 2.78. The average molecular weight is 384 g/mol. The minimum Gasteiger partial charge on any atom is -0.346 e. The number of amides is 1. The van der Waals surface area contributed by atoms with Gasteiger partial charge in [-0.1, -0.05) is 66.7 Å². The van der Waals surface area contributed by atoms with Crippen molar-refractivity contribution in [2.75, 3.05) is 0 Å². The van der Waals surface area contributed by atoms with E-state index in [0.29, 0.717) is 0 Å². The molecule has 1 atom stereocenters. The number of fused-ring (bicyclic) bond motifs is 1. The highest BCUT2D eigenvalue weighted by molar-refractivity contribution is 5.95. The highest BCUT2D eigenvalue weighted by Gasteiger charge is 2.16. The van der Waals surface area contributed by atoms with Crippen molar-refractivity contribution in [3.8, 4) is 0 Å². The Labute approximate surface area is 174 Å². The summed E-state index contributed by atoms with van der Waals surface area (Å²) in [5.74, 6) is 0.0129. The van der Waals surface area contributed by atoms with Crippen molar-refractivity contribution in [1.29, 1.82) is 0 Å². The Morgan fingerprint density at radius 1 is 0.862 bits per heavy atom. The van der Waals surface area contributed by atoms with Crippen LogP contribution in [-0.2, 0) is 25.7 Å². The lowest BCUT2D eigenvalue weighted by atomic mass is 9.89. The molecule has 1 aliphatic rings. The maximum absolute atomic E-state index is 13.0. The number of hydrogen-bond donors (Lipinski definition) is 1. The number of carbonyl (C=O) groups excluding carboxylic acids is 1. The summed E-state index contributed by atoms with van der Waals surface area (Å²) >= 11 is 0. The molecule has 2 heteroatoms. The summed E-state index contributed by atoms with van der Waals surface area (Å²) in [6.07, 6.45) is 6.70. The molecule has 148 valence electrons.